The van der Waals surface area contributed by atoms with Crippen molar-refractivity contribution in [3.8, 4) is 34.0 Å². The van der Waals surface area contributed by atoms with E-state index in [0.717, 1.165) is 36.3 Å². The van der Waals surface area contributed by atoms with Gasteiger partial charge in [0, 0.05) is 11.6 Å². The lowest BCUT2D eigenvalue weighted by Crippen LogP contribution is -2.49. The Labute approximate surface area is 353 Å². The van der Waals surface area contributed by atoms with Gasteiger partial charge in [-0.1, -0.05) is 71.7 Å². The van der Waals surface area contributed by atoms with E-state index in [1.165, 1.54) is 28.9 Å². The van der Waals surface area contributed by atoms with Crippen LogP contribution < -0.4 is 25.4 Å². The number of nitrogens with zero attached hydrogens (tertiary/aromatic N) is 9. The first kappa shape index (κ1) is 38.0. The van der Waals surface area contributed by atoms with Gasteiger partial charge in [-0.05, 0) is 53.2 Å². The van der Waals surface area contributed by atoms with E-state index in [1.807, 2.05) is 66.7 Å². The number of nitrogens with two attached hydrogens (primary N) is 1. The summed E-state index contributed by atoms with van der Waals surface area (Å²) >= 11 is 15.7. The van der Waals surface area contributed by atoms with Crippen molar-refractivity contribution in [2.45, 2.75) is 19.3 Å². The normalized spacial score (nSPS) is 11.8. The fourth-order valence-electron chi connectivity index (χ4n) is 6.52. The highest BCUT2D eigenvalue weighted by molar-refractivity contribution is 7.18. The maximum Gasteiger partial charge on any atom is 0.280 e. The number of anilines is 2. The molecule has 3 N–H and O–H groups in total. The second kappa shape index (κ2) is 16.3. The van der Waals surface area contributed by atoms with Crippen LogP contribution in [0.15, 0.2) is 109 Å². The van der Waals surface area contributed by atoms with Crippen molar-refractivity contribution >= 4 is 94.9 Å². The number of ether oxygens (including phenoxy) is 2. The lowest BCUT2D eigenvalue weighted by atomic mass is 10.0. The second-order valence-corrected chi connectivity index (χ2v) is 16.0. The first-order valence-corrected chi connectivity index (χ1v) is 20.3. The van der Waals surface area contributed by atoms with Crippen molar-refractivity contribution in [1.82, 2.24) is 40.3 Å². The summed E-state index contributed by atoms with van der Waals surface area (Å²) in [6, 6.07) is 30.1. The Hall–Kier alpha value is -6.59. The van der Waals surface area contributed by atoms with E-state index in [4.69, 9.17) is 53.4 Å². The molecule has 14 nitrogen and oxygen atoms in total. The third-order valence-corrected chi connectivity index (χ3v) is 11.9. The highest BCUT2D eigenvalue weighted by Crippen LogP contribution is 2.37. The van der Waals surface area contributed by atoms with Crippen molar-refractivity contribution in [3.63, 3.8) is 0 Å². The number of rotatable bonds is 13. The van der Waals surface area contributed by atoms with Gasteiger partial charge < -0.3 is 20.5 Å². The molecule has 1 amide bonds. The smallest absolute Gasteiger partial charge is 0.280 e. The van der Waals surface area contributed by atoms with Crippen molar-refractivity contribution < 1.29 is 14.3 Å². The van der Waals surface area contributed by atoms with Crippen LogP contribution in [-0.4, -0.2) is 59.6 Å². The molecule has 0 aliphatic heterocycles. The number of carbonyl (C=O) groups is 1. The van der Waals surface area contributed by atoms with Crippen LogP contribution in [0.3, 0.4) is 0 Å². The molecule has 0 aliphatic carbocycles. The minimum atomic E-state index is -1.38. The molecule has 0 spiro atoms. The van der Waals surface area contributed by atoms with Gasteiger partial charge >= 0.3 is 0 Å². The van der Waals surface area contributed by atoms with Crippen LogP contribution >= 0.6 is 45.9 Å². The van der Waals surface area contributed by atoms with E-state index in [-0.39, 0.29) is 18.4 Å². The summed E-state index contributed by atoms with van der Waals surface area (Å²) in [6.45, 7) is 0.388. The van der Waals surface area contributed by atoms with Crippen LogP contribution in [0.2, 0.25) is 10.0 Å². The van der Waals surface area contributed by atoms with E-state index >= 15 is 0 Å². The first-order chi connectivity index (χ1) is 28.8. The van der Waals surface area contributed by atoms with E-state index in [9.17, 15) is 4.79 Å². The first-order valence-electron chi connectivity index (χ1n) is 17.9. The molecule has 0 fully saturated rings. The maximum absolute atomic E-state index is 13.4. The molecule has 292 valence electrons. The molecule has 0 aliphatic rings. The van der Waals surface area contributed by atoms with Crippen LogP contribution in [0.1, 0.15) is 10.0 Å². The molecule has 0 saturated carbocycles. The zero-order valence-corrected chi connectivity index (χ0v) is 33.9. The van der Waals surface area contributed by atoms with Crippen molar-refractivity contribution in [1.29, 1.82) is 0 Å². The van der Waals surface area contributed by atoms with Gasteiger partial charge in [0.1, 0.15) is 21.5 Å². The number of amides is 1. The summed E-state index contributed by atoms with van der Waals surface area (Å²) in [6.07, 6.45) is 1.67. The Morgan fingerprint density at radius 2 is 1.51 bits per heavy atom. The highest BCUT2D eigenvalue weighted by Gasteiger charge is 2.31. The number of thiazole rings is 2. The zero-order valence-electron chi connectivity index (χ0n) is 30.8. The quantitative estimate of drug-likeness (QED) is 0.105. The summed E-state index contributed by atoms with van der Waals surface area (Å²) in [4.78, 5) is 34.1. The van der Waals surface area contributed by atoms with E-state index in [1.54, 1.807) is 48.5 Å². The lowest BCUT2D eigenvalue weighted by molar-refractivity contribution is -0.124. The number of aromatic nitrogens is 8. The molecular weight excluding hydrogens is 830 g/mol. The Balaban J connectivity index is 1.02. The fraction of sp³-hybridized carbons (Fsp3) is 0.0976. The Morgan fingerprint density at radius 3 is 2.32 bits per heavy atom. The molecule has 4 aromatic heterocycles. The van der Waals surface area contributed by atoms with Crippen LogP contribution in [0, 0.1) is 0 Å². The van der Waals surface area contributed by atoms with Gasteiger partial charge in [0.25, 0.3) is 12.1 Å². The molecule has 9 aromatic rings. The molecular formula is C41H29Cl2N11O3S2. The van der Waals surface area contributed by atoms with Crippen LogP contribution in [0.25, 0.3) is 53.7 Å². The summed E-state index contributed by atoms with van der Waals surface area (Å²) in [5, 5.41) is 24.3. The predicted octanol–water partition coefficient (Wildman–Crippen LogP) is 8.59. The molecule has 0 bridgehead atoms. The topological polar surface area (TPSA) is 180 Å². The van der Waals surface area contributed by atoms with Crippen LogP contribution in [0.4, 0.5) is 11.9 Å². The highest BCUT2D eigenvalue weighted by atomic mass is 35.5. The third kappa shape index (κ3) is 7.85. The SMILES string of the molecule is COc1ccc2ccccc2c1-c1cnnc(N(Cc2nc3ccccc3s2)C(Oc2ccc3sc(CNc4nncc(-c5c(Cl)cccc5Cl)n4)nc3c2)C(N)=O)n1. The average Bonchev–Trinajstić information content (AvgIpc) is 3.87. The van der Waals surface area contributed by atoms with Crippen molar-refractivity contribution in [2.24, 2.45) is 5.73 Å². The molecule has 59 heavy (non-hydrogen) atoms. The minimum Gasteiger partial charge on any atom is -0.496 e. The molecule has 18 heteroatoms. The van der Waals surface area contributed by atoms with Crippen molar-refractivity contribution in [3.05, 3.63) is 130 Å². The second-order valence-electron chi connectivity index (χ2n) is 12.9. The summed E-state index contributed by atoms with van der Waals surface area (Å²) in [5.41, 5.74) is 9.83. The maximum atomic E-state index is 13.4. The lowest BCUT2D eigenvalue weighted by Gasteiger charge is -2.29. The summed E-state index contributed by atoms with van der Waals surface area (Å²) in [5.74, 6) is 0.541. The number of carbonyl (C=O) groups excluding carboxylic acids is 1. The van der Waals surface area contributed by atoms with Crippen molar-refractivity contribution in [2.75, 3.05) is 17.3 Å². The largest absolute Gasteiger partial charge is 0.496 e. The fourth-order valence-corrected chi connectivity index (χ4v) is 8.96. The molecule has 5 aromatic carbocycles. The molecule has 1 atom stereocenters. The monoisotopic (exact) mass is 857 g/mol. The van der Waals surface area contributed by atoms with Gasteiger partial charge in [0.15, 0.2) is 0 Å². The third-order valence-electron chi connectivity index (χ3n) is 9.17. The summed E-state index contributed by atoms with van der Waals surface area (Å²) < 4.78 is 14.0. The van der Waals surface area contributed by atoms with Crippen LogP contribution in [-0.2, 0) is 17.9 Å². The number of para-hydroxylation sites is 1. The number of nitrogens with one attached hydrogen (secondary N) is 1. The number of methoxy groups -OCH3 is 1. The molecule has 9 rings (SSSR count). The van der Waals surface area contributed by atoms with Gasteiger partial charge in [0.05, 0.1) is 80.0 Å². The zero-order chi connectivity index (χ0) is 40.5. The van der Waals surface area contributed by atoms with Gasteiger partial charge in [-0.25, -0.2) is 19.9 Å². The Bertz CT molecular complexity index is 2970. The van der Waals surface area contributed by atoms with Gasteiger partial charge in [0.2, 0.25) is 11.9 Å². The number of fused-ring (bicyclic) bond motifs is 3. The number of benzene rings is 5. The number of hydrogen-bond donors (Lipinski definition) is 2. The van der Waals surface area contributed by atoms with E-state index in [2.05, 4.69) is 30.7 Å². The standard InChI is InChI=1S/C41H29Cl2N11O3S2/c1-56-31-15-13-22-7-2-3-8-24(22)36(31)29-18-47-53-41(51-29)54(21-35-48-27-11-4-5-12-32(27)59-35)39(38(44)55)57-23-14-16-33-28(17-23)49-34(58-33)20-45-40-50-30(19-46-52-40)37-25(42)9-6-10-26(37)43/h2-19,39H,20-21H2,1H3,(H2,44,55)(H,45,50,52). The predicted molar refractivity (Wildman–Crippen MR) is 231 cm³/mol. The van der Waals surface area contributed by atoms with Gasteiger partial charge in [-0.2, -0.15) is 10.2 Å². The van der Waals surface area contributed by atoms with Gasteiger partial charge in [-0.3, -0.25) is 9.69 Å². The molecule has 0 radical (unpaired) electrons. The molecule has 0 saturated heterocycles. The number of primary amides is 1. The van der Waals surface area contributed by atoms with E-state index < -0.39 is 12.1 Å². The van der Waals surface area contributed by atoms with Crippen LogP contribution in [0.5, 0.6) is 11.5 Å². The number of halogens is 2. The molecule has 1 unspecified atom stereocenters. The number of hydrogen-bond acceptors (Lipinski definition) is 15. The van der Waals surface area contributed by atoms with E-state index in [0.29, 0.717) is 55.6 Å². The molecule has 4 heterocycles. The Kier molecular flexibility index (Phi) is 10.5. The average molecular weight is 859 g/mol. The minimum absolute atomic E-state index is 0.0837. The summed E-state index contributed by atoms with van der Waals surface area (Å²) in [7, 11) is 1.60. The Morgan fingerprint density at radius 1 is 0.780 bits per heavy atom. The van der Waals surface area contributed by atoms with Gasteiger partial charge in [-0.15, -0.1) is 32.9 Å².